The Kier molecular flexibility index (Phi) is 6.45. The molecule has 1 aliphatic heterocycles. The maximum absolute atomic E-state index is 13.7. The first-order valence-electron chi connectivity index (χ1n) is 10.7. The van der Waals surface area contributed by atoms with E-state index in [1.165, 1.54) is 11.3 Å². The molecule has 0 bridgehead atoms. The van der Waals surface area contributed by atoms with Gasteiger partial charge in [0.2, 0.25) is 0 Å². The van der Waals surface area contributed by atoms with E-state index in [9.17, 15) is 9.59 Å². The lowest BCUT2D eigenvalue weighted by atomic mass is 9.93. The molecule has 170 valence electrons. The molecule has 0 amide bonds. The van der Waals surface area contributed by atoms with E-state index in [1.54, 1.807) is 22.8 Å². The SMILES string of the molecule is CCOC(=O)C1=C(c2ccccc2)N=c2s/c(=C/c3ccc(Br)s3)c(=O)n2[C@@H]1c1ccccc1. The van der Waals surface area contributed by atoms with Crippen LogP contribution in [0.2, 0.25) is 0 Å². The molecule has 2 aromatic heterocycles. The van der Waals surface area contributed by atoms with Gasteiger partial charge in [-0.3, -0.25) is 9.36 Å². The number of nitrogens with zero attached hydrogens (tertiary/aromatic N) is 2. The maximum Gasteiger partial charge on any atom is 0.338 e. The fraction of sp³-hybridized carbons (Fsp3) is 0.115. The second-order valence-corrected chi connectivity index (χ2v) is 11.0. The zero-order valence-electron chi connectivity index (χ0n) is 18.1. The molecule has 4 aromatic rings. The molecule has 0 saturated carbocycles. The Balaban J connectivity index is 1.83. The second-order valence-electron chi connectivity index (χ2n) is 7.48. The number of carbonyl (C=O) groups excluding carboxylic acids is 1. The normalized spacial score (nSPS) is 15.7. The van der Waals surface area contributed by atoms with Crippen LogP contribution in [0.25, 0.3) is 11.8 Å². The summed E-state index contributed by atoms with van der Waals surface area (Å²) >= 11 is 6.35. The number of halogens is 1. The van der Waals surface area contributed by atoms with Crippen molar-refractivity contribution in [1.82, 2.24) is 4.57 Å². The predicted molar refractivity (Wildman–Crippen MR) is 140 cm³/mol. The van der Waals surface area contributed by atoms with E-state index in [2.05, 4.69) is 15.9 Å². The number of thiophene rings is 1. The smallest absolute Gasteiger partial charge is 0.338 e. The predicted octanol–water partition coefficient (Wildman–Crippen LogP) is 4.76. The van der Waals surface area contributed by atoms with Gasteiger partial charge in [-0.1, -0.05) is 72.0 Å². The Morgan fingerprint density at radius 3 is 2.41 bits per heavy atom. The molecule has 5 nitrogen and oxygen atoms in total. The van der Waals surface area contributed by atoms with E-state index in [1.807, 2.05) is 78.9 Å². The van der Waals surface area contributed by atoms with Gasteiger partial charge in [-0.2, -0.15) is 0 Å². The van der Waals surface area contributed by atoms with Gasteiger partial charge in [0.15, 0.2) is 4.80 Å². The highest BCUT2D eigenvalue weighted by atomic mass is 79.9. The summed E-state index contributed by atoms with van der Waals surface area (Å²) in [4.78, 5) is 33.3. The third-order valence-electron chi connectivity index (χ3n) is 5.36. The molecule has 0 aliphatic carbocycles. The fourth-order valence-electron chi connectivity index (χ4n) is 3.93. The molecular formula is C26H19BrN2O3S2. The summed E-state index contributed by atoms with van der Waals surface area (Å²) in [5.41, 5.74) is 2.32. The number of thiazole rings is 1. The molecule has 5 rings (SSSR count). The summed E-state index contributed by atoms with van der Waals surface area (Å²) in [6.07, 6.45) is 1.87. The molecule has 0 saturated heterocycles. The third kappa shape index (κ3) is 4.24. The third-order valence-corrected chi connectivity index (χ3v) is 7.91. The fourth-order valence-corrected chi connectivity index (χ4v) is 6.36. The van der Waals surface area contributed by atoms with Crippen LogP contribution in [0.15, 0.2) is 91.9 Å². The Bertz CT molecular complexity index is 1570. The molecule has 0 radical (unpaired) electrons. The molecule has 0 spiro atoms. The van der Waals surface area contributed by atoms with Crippen LogP contribution in [0.3, 0.4) is 0 Å². The molecule has 34 heavy (non-hydrogen) atoms. The number of rotatable bonds is 5. The van der Waals surface area contributed by atoms with Crippen LogP contribution < -0.4 is 14.9 Å². The summed E-state index contributed by atoms with van der Waals surface area (Å²) in [6, 6.07) is 22.4. The van der Waals surface area contributed by atoms with Gasteiger partial charge >= 0.3 is 5.97 Å². The van der Waals surface area contributed by atoms with Crippen molar-refractivity contribution in [2.45, 2.75) is 13.0 Å². The van der Waals surface area contributed by atoms with Gasteiger partial charge in [-0.05, 0) is 46.6 Å². The van der Waals surface area contributed by atoms with Crippen LogP contribution in [0.1, 0.15) is 29.0 Å². The Morgan fingerprint density at radius 2 is 1.76 bits per heavy atom. The van der Waals surface area contributed by atoms with E-state index in [-0.39, 0.29) is 12.2 Å². The van der Waals surface area contributed by atoms with Gasteiger partial charge in [-0.25, -0.2) is 9.79 Å². The van der Waals surface area contributed by atoms with Crippen molar-refractivity contribution in [3.63, 3.8) is 0 Å². The highest BCUT2D eigenvalue weighted by molar-refractivity contribution is 9.11. The lowest BCUT2D eigenvalue weighted by Crippen LogP contribution is -2.39. The highest BCUT2D eigenvalue weighted by Crippen LogP contribution is 2.35. The molecule has 8 heteroatoms. The topological polar surface area (TPSA) is 60.7 Å². The average Bonchev–Trinajstić information content (AvgIpc) is 3.41. The van der Waals surface area contributed by atoms with E-state index in [0.717, 1.165) is 19.8 Å². The number of esters is 1. The van der Waals surface area contributed by atoms with Gasteiger partial charge in [0.1, 0.15) is 0 Å². The van der Waals surface area contributed by atoms with Crippen molar-refractivity contribution in [2.75, 3.05) is 6.61 Å². The van der Waals surface area contributed by atoms with Gasteiger partial charge in [0.05, 0.1) is 32.2 Å². The Labute approximate surface area is 212 Å². The lowest BCUT2D eigenvalue weighted by Gasteiger charge is -2.25. The Hall–Kier alpha value is -3.07. The summed E-state index contributed by atoms with van der Waals surface area (Å²) in [6.45, 7) is 2.00. The van der Waals surface area contributed by atoms with Crippen LogP contribution >= 0.6 is 38.6 Å². The zero-order valence-corrected chi connectivity index (χ0v) is 21.3. The highest BCUT2D eigenvalue weighted by Gasteiger charge is 2.35. The zero-order chi connectivity index (χ0) is 23.7. The van der Waals surface area contributed by atoms with E-state index >= 15 is 0 Å². The van der Waals surface area contributed by atoms with E-state index in [0.29, 0.717) is 20.6 Å². The van der Waals surface area contributed by atoms with Crippen molar-refractivity contribution in [3.8, 4) is 0 Å². The molecule has 2 aromatic carbocycles. The number of benzene rings is 2. The number of ether oxygens (including phenoxy) is 1. The lowest BCUT2D eigenvalue weighted by molar-refractivity contribution is -0.138. The van der Waals surface area contributed by atoms with Crippen LogP contribution in [0, 0.1) is 0 Å². The standard InChI is InChI=1S/C26H19BrN2O3S2/c1-2-32-25(31)21-22(16-9-5-3-6-10-16)28-26-29(23(21)17-11-7-4-8-12-17)24(30)19(34-26)15-18-13-14-20(27)33-18/h3-15,23H,2H2,1H3/b19-15+/t23-/m1/s1. The molecule has 0 N–H and O–H groups in total. The van der Waals surface area contributed by atoms with Gasteiger partial charge in [0, 0.05) is 10.4 Å². The minimum Gasteiger partial charge on any atom is -0.463 e. The van der Waals surface area contributed by atoms with Crippen molar-refractivity contribution in [2.24, 2.45) is 4.99 Å². The van der Waals surface area contributed by atoms with Gasteiger partial charge in [-0.15, -0.1) is 11.3 Å². The summed E-state index contributed by atoms with van der Waals surface area (Å²) in [5, 5.41) is 0. The van der Waals surface area contributed by atoms with Crippen LogP contribution in [0.4, 0.5) is 0 Å². The van der Waals surface area contributed by atoms with Gasteiger partial charge < -0.3 is 4.74 Å². The minimum absolute atomic E-state index is 0.184. The first-order valence-corrected chi connectivity index (χ1v) is 13.1. The van der Waals surface area contributed by atoms with Crippen LogP contribution in [-0.4, -0.2) is 17.1 Å². The molecular weight excluding hydrogens is 532 g/mol. The number of hydrogen-bond donors (Lipinski definition) is 0. The quantitative estimate of drug-likeness (QED) is 0.336. The average molecular weight is 551 g/mol. The molecule has 0 fully saturated rings. The molecule has 1 atom stereocenters. The maximum atomic E-state index is 13.7. The van der Waals surface area contributed by atoms with Crippen molar-refractivity contribution in [3.05, 3.63) is 118 Å². The number of aromatic nitrogens is 1. The van der Waals surface area contributed by atoms with E-state index in [4.69, 9.17) is 9.73 Å². The van der Waals surface area contributed by atoms with Crippen molar-refractivity contribution < 1.29 is 9.53 Å². The summed E-state index contributed by atoms with van der Waals surface area (Å²) in [7, 11) is 0. The minimum atomic E-state index is -0.649. The summed E-state index contributed by atoms with van der Waals surface area (Å²) in [5.74, 6) is -0.476. The molecule has 3 heterocycles. The largest absolute Gasteiger partial charge is 0.463 e. The number of hydrogen-bond acceptors (Lipinski definition) is 6. The number of fused-ring (bicyclic) bond motifs is 1. The van der Waals surface area contributed by atoms with Crippen LogP contribution in [0.5, 0.6) is 0 Å². The second kappa shape index (κ2) is 9.66. The molecule has 1 aliphatic rings. The van der Waals surface area contributed by atoms with Crippen LogP contribution in [-0.2, 0) is 9.53 Å². The monoisotopic (exact) mass is 550 g/mol. The first-order chi connectivity index (χ1) is 16.6. The number of carbonyl (C=O) groups is 1. The van der Waals surface area contributed by atoms with Gasteiger partial charge in [0.25, 0.3) is 5.56 Å². The van der Waals surface area contributed by atoms with Crippen molar-refractivity contribution >= 4 is 56.3 Å². The Morgan fingerprint density at radius 1 is 1.06 bits per heavy atom. The van der Waals surface area contributed by atoms with E-state index < -0.39 is 12.0 Å². The van der Waals surface area contributed by atoms with Crippen molar-refractivity contribution in [1.29, 1.82) is 0 Å². The first kappa shape index (κ1) is 22.7. The summed E-state index contributed by atoms with van der Waals surface area (Å²) < 4.78 is 8.64. The molecule has 0 unspecified atom stereocenters.